The van der Waals surface area contributed by atoms with Crippen LogP contribution >= 0.6 is 0 Å². The van der Waals surface area contributed by atoms with Crippen LogP contribution in [0.25, 0.3) is 38.9 Å². The molecule has 0 fully saturated rings. The van der Waals surface area contributed by atoms with E-state index in [-0.39, 0.29) is 0 Å². The molecule has 5 rings (SSSR count). The van der Waals surface area contributed by atoms with Gasteiger partial charge in [-0.3, -0.25) is 4.57 Å². The molecule has 0 aliphatic carbocycles. The van der Waals surface area contributed by atoms with E-state index in [0.29, 0.717) is 11.5 Å². The van der Waals surface area contributed by atoms with Crippen LogP contribution in [0, 0.1) is 17.2 Å². The number of hydrogen-bond acceptors (Lipinski definition) is 2. The summed E-state index contributed by atoms with van der Waals surface area (Å²) in [5, 5.41) is 11.9. The number of rotatable bonds is 4. The lowest BCUT2D eigenvalue weighted by molar-refractivity contribution is 0.645. The summed E-state index contributed by atoms with van der Waals surface area (Å²) in [6.07, 6.45) is 0.892. The molecular weight excluding hydrogens is 378 g/mol. The average molecular weight is 402 g/mol. The first-order chi connectivity index (χ1) is 15.2. The minimum Gasteiger partial charge on any atom is -0.291 e. The topological polar surface area (TPSA) is 41.6 Å². The molecule has 0 aliphatic heterocycles. The van der Waals surface area contributed by atoms with Crippen molar-refractivity contribution in [1.29, 1.82) is 5.26 Å². The van der Waals surface area contributed by atoms with Gasteiger partial charge in [-0.1, -0.05) is 74.5 Å². The highest BCUT2D eigenvalue weighted by molar-refractivity contribution is 6.06. The molecule has 0 bridgehead atoms. The second-order valence-electron chi connectivity index (χ2n) is 8.34. The standard InChI is InChI=1S/C28H23N3/c1-19(2)16-23-17-20(18-29)12-15-26(23)31-27-24-11-7-6-8-21(24)13-14-25(27)30-28(31)22-9-4-3-5-10-22/h3-15,17,19H,16H2,1-2H3. The van der Waals surface area contributed by atoms with E-state index >= 15 is 0 Å². The minimum absolute atomic E-state index is 0.472. The quantitative estimate of drug-likeness (QED) is 0.328. The molecule has 1 heterocycles. The van der Waals surface area contributed by atoms with Gasteiger partial charge in [-0.15, -0.1) is 0 Å². The van der Waals surface area contributed by atoms with Crippen LogP contribution in [-0.4, -0.2) is 9.55 Å². The average Bonchev–Trinajstić information content (AvgIpc) is 3.19. The highest BCUT2D eigenvalue weighted by atomic mass is 15.1. The van der Waals surface area contributed by atoms with Crippen LogP contribution in [0.15, 0.2) is 84.9 Å². The van der Waals surface area contributed by atoms with Crippen LogP contribution in [-0.2, 0) is 6.42 Å². The summed E-state index contributed by atoms with van der Waals surface area (Å²) in [5.74, 6) is 1.39. The molecule has 150 valence electrons. The highest BCUT2D eigenvalue weighted by Crippen LogP contribution is 2.35. The molecule has 5 aromatic rings. The van der Waals surface area contributed by atoms with Crippen molar-refractivity contribution >= 4 is 21.8 Å². The SMILES string of the molecule is CC(C)Cc1cc(C#N)ccc1-n1c(-c2ccccc2)nc2ccc3ccccc3c21. The minimum atomic E-state index is 0.472. The molecule has 31 heavy (non-hydrogen) atoms. The zero-order valence-corrected chi connectivity index (χ0v) is 17.7. The van der Waals surface area contributed by atoms with Crippen molar-refractivity contribution < 1.29 is 0 Å². The molecule has 1 aromatic heterocycles. The summed E-state index contributed by atoms with van der Waals surface area (Å²) in [6, 6.07) is 31.3. The summed E-state index contributed by atoms with van der Waals surface area (Å²) in [6.45, 7) is 4.42. The molecule has 3 nitrogen and oxygen atoms in total. The maximum absolute atomic E-state index is 9.49. The number of nitriles is 1. The van der Waals surface area contributed by atoms with Crippen molar-refractivity contribution in [2.24, 2.45) is 5.92 Å². The summed E-state index contributed by atoms with van der Waals surface area (Å²) in [7, 11) is 0. The van der Waals surface area contributed by atoms with E-state index in [4.69, 9.17) is 4.98 Å². The second-order valence-corrected chi connectivity index (χ2v) is 8.34. The molecule has 0 spiro atoms. The van der Waals surface area contributed by atoms with Crippen molar-refractivity contribution in [3.05, 3.63) is 96.1 Å². The fourth-order valence-electron chi connectivity index (χ4n) is 4.33. The molecule has 0 radical (unpaired) electrons. The van der Waals surface area contributed by atoms with Gasteiger partial charge in [-0.2, -0.15) is 5.26 Å². The lowest BCUT2D eigenvalue weighted by Crippen LogP contribution is -2.05. The van der Waals surface area contributed by atoms with Crippen LogP contribution in [0.3, 0.4) is 0 Å². The summed E-state index contributed by atoms with van der Waals surface area (Å²) in [5.41, 5.74) is 6.09. The fraction of sp³-hybridized carbons (Fsp3) is 0.143. The molecule has 0 amide bonds. The molecule has 0 aliphatic rings. The Morgan fingerprint density at radius 2 is 1.68 bits per heavy atom. The monoisotopic (exact) mass is 401 g/mol. The van der Waals surface area contributed by atoms with Gasteiger partial charge in [0.2, 0.25) is 0 Å². The summed E-state index contributed by atoms with van der Waals surface area (Å²) in [4.78, 5) is 5.07. The number of imidazole rings is 1. The molecule has 3 heteroatoms. The number of aromatic nitrogens is 2. The summed E-state index contributed by atoms with van der Waals surface area (Å²) < 4.78 is 2.28. The van der Waals surface area contributed by atoms with E-state index in [1.807, 2.05) is 30.3 Å². The molecule has 0 unspecified atom stereocenters. The van der Waals surface area contributed by atoms with Crippen molar-refractivity contribution in [2.75, 3.05) is 0 Å². The lowest BCUT2D eigenvalue weighted by Gasteiger charge is -2.17. The lowest BCUT2D eigenvalue weighted by atomic mass is 9.98. The Kier molecular flexibility index (Phi) is 4.76. The Balaban J connectivity index is 1.92. The summed E-state index contributed by atoms with van der Waals surface area (Å²) >= 11 is 0. The van der Waals surface area contributed by atoms with Crippen LogP contribution in [0.1, 0.15) is 25.0 Å². The normalized spacial score (nSPS) is 11.3. The van der Waals surface area contributed by atoms with Gasteiger partial charge in [-0.25, -0.2) is 4.98 Å². The zero-order chi connectivity index (χ0) is 21.4. The van der Waals surface area contributed by atoms with Crippen LogP contribution in [0.5, 0.6) is 0 Å². The van der Waals surface area contributed by atoms with Gasteiger partial charge in [0.25, 0.3) is 0 Å². The van der Waals surface area contributed by atoms with Crippen molar-refractivity contribution in [1.82, 2.24) is 9.55 Å². The molecule has 0 N–H and O–H groups in total. The maximum atomic E-state index is 9.49. The van der Waals surface area contributed by atoms with E-state index < -0.39 is 0 Å². The van der Waals surface area contributed by atoms with Crippen molar-refractivity contribution in [2.45, 2.75) is 20.3 Å². The van der Waals surface area contributed by atoms with E-state index in [0.717, 1.165) is 34.5 Å². The number of hydrogen-bond donors (Lipinski definition) is 0. The van der Waals surface area contributed by atoms with Crippen LogP contribution in [0.2, 0.25) is 0 Å². The van der Waals surface area contributed by atoms with Gasteiger partial charge in [0.1, 0.15) is 5.82 Å². The van der Waals surface area contributed by atoms with E-state index in [1.54, 1.807) is 0 Å². The Morgan fingerprint density at radius 1 is 0.903 bits per heavy atom. The van der Waals surface area contributed by atoms with Gasteiger partial charge < -0.3 is 0 Å². The third-order valence-electron chi connectivity index (χ3n) is 5.65. The third-order valence-corrected chi connectivity index (χ3v) is 5.65. The molecular formula is C28H23N3. The van der Waals surface area contributed by atoms with E-state index in [1.165, 1.54) is 16.3 Å². The second kappa shape index (κ2) is 7.74. The van der Waals surface area contributed by atoms with Crippen molar-refractivity contribution in [3.63, 3.8) is 0 Å². The smallest absolute Gasteiger partial charge is 0.145 e. The zero-order valence-electron chi connectivity index (χ0n) is 17.7. The van der Waals surface area contributed by atoms with Gasteiger partial charge in [-0.05, 0) is 47.6 Å². The van der Waals surface area contributed by atoms with Gasteiger partial charge >= 0.3 is 0 Å². The number of benzene rings is 4. The van der Waals surface area contributed by atoms with Crippen LogP contribution < -0.4 is 0 Å². The molecule has 0 atom stereocenters. The first kappa shape index (κ1) is 19.1. The van der Waals surface area contributed by atoms with Gasteiger partial charge in [0.15, 0.2) is 0 Å². The van der Waals surface area contributed by atoms with Crippen molar-refractivity contribution in [3.8, 4) is 23.1 Å². The predicted molar refractivity (Wildman–Crippen MR) is 127 cm³/mol. The predicted octanol–water partition coefficient (Wildman–Crippen LogP) is 6.92. The Morgan fingerprint density at radius 3 is 2.45 bits per heavy atom. The van der Waals surface area contributed by atoms with E-state index in [9.17, 15) is 5.26 Å². The van der Waals surface area contributed by atoms with Gasteiger partial charge in [0, 0.05) is 10.9 Å². The van der Waals surface area contributed by atoms with Gasteiger partial charge in [0.05, 0.1) is 28.4 Å². The highest BCUT2D eigenvalue weighted by Gasteiger charge is 2.19. The molecule has 0 saturated carbocycles. The maximum Gasteiger partial charge on any atom is 0.145 e. The first-order valence-electron chi connectivity index (χ1n) is 10.6. The van der Waals surface area contributed by atoms with Crippen LogP contribution in [0.4, 0.5) is 0 Å². The molecule has 0 saturated heterocycles. The first-order valence-corrected chi connectivity index (χ1v) is 10.6. The Bertz CT molecular complexity index is 1440. The molecule has 4 aromatic carbocycles. The Labute approximate surface area is 182 Å². The Hall–Kier alpha value is -3.90. The fourth-order valence-corrected chi connectivity index (χ4v) is 4.33. The third kappa shape index (κ3) is 3.37. The van der Waals surface area contributed by atoms with E-state index in [2.05, 4.69) is 79.1 Å². The number of fused-ring (bicyclic) bond motifs is 3. The number of nitrogens with zero attached hydrogens (tertiary/aromatic N) is 3. The largest absolute Gasteiger partial charge is 0.291 e.